The van der Waals surface area contributed by atoms with E-state index in [2.05, 4.69) is 31.1 Å². The van der Waals surface area contributed by atoms with Crippen LogP contribution in [0.4, 0.5) is 0 Å². The van der Waals surface area contributed by atoms with E-state index in [1.165, 1.54) is 22.0 Å². The Morgan fingerprint density at radius 2 is 2.00 bits per heavy atom. The van der Waals surface area contributed by atoms with Gasteiger partial charge in [-0.3, -0.25) is 4.79 Å². The number of ketones is 1. The molecule has 0 saturated heterocycles. The van der Waals surface area contributed by atoms with Gasteiger partial charge in [0.25, 0.3) is 0 Å². The fourth-order valence-corrected chi connectivity index (χ4v) is 1.31. The molecule has 2 rings (SSSR count). The number of aldehydes is 1. The van der Waals surface area contributed by atoms with Gasteiger partial charge in [-0.25, -0.2) is 9.36 Å². The minimum atomic E-state index is -0.730. The molecule has 10 heteroatoms. The Hall–Kier alpha value is -2.52. The van der Waals surface area contributed by atoms with Crippen molar-refractivity contribution < 1.29 is 9.59 Å². The number of hydrogen-bond donors (Lipinski definition) is 0. The standard InChI is InChI=1S/C7H8N8O2/c16-2-1-6(15-5-9-11-13-15)7(17)3-14-4-8-10-12-14/h2,4-6H,1,3H2. The van der Waals surface area contributed by atoms with Crippen LogP contribution in [-0.4, -0.2) is 52.5 Å². The number of tetrazole rings is 2. The maximum absolute atomic E-state index is 11.9. The first-order valence-electron chi connectivity index (χ1n) is 4.71. The molecule has 0 N–H and O–H groups in total. The van der Waals surface area contributed by atoms with Crippen molar-refractivity contribution in [3.63, 3.8) is 0 Å². The van der Waals surface area contributed by atoms with Crippen molar-refractivity contribution in [2.45, 2.75) is 19.0 Å². The number of nitrogens with zero attached hydrogens (tertiary/aromatic N) is 8. The predicted octanol–water partition coefficient (Wildman–Crippen LogP) is -1.94. The smallest absolute Gasteiger partial charge is 0.179 e. The van der Waals surface area contributed by atoms with E-state index in [0.717, 1.165) is 0 Å². The van der Waals surface area contributed by atoms with E-state index >= 15 is 0 Å². The summed E-state index contributed by atoms with van der Waals surface area (Å²) < 4.78 is 2.51. The van der Waals surface area contributed by atoms with Crippen LogP contribution < -0.4 is 0 Å². The molecule has 1 unspecified atom stereocenters. The first-order chi connectivity index (χ1) is 8.31. The van der Waals surface area contributed by atoms with Crippen LogP contribution in [0.15, 0.2) is 12.7 Å². The second kappa shape index (κ2) is 5.01. The predicted molar refractivity (Wildman–Crippen MR) is 50.4 cm³/mol. The zero-order valence-corrected chi connectivity index (χ0v) is 8.62. The molecule has 0 aromatic carbocycles. The summed E-state index contributed by atoms with van der Waals surface area (Å²) in [6, 6.07) is -0.730. The Kier molecular flexibility index (Phi) is 3.23. The van der Waals surface area contributed by atoms with E-state index in [-0.39, 0.29) is 18.7 Å². The Morgan fingerprint density at radius 1 is 1.24 bits per heavy atom. The van der Waals surface area contributed by atoms with Crippen LogP contribution in [0.5, 0.6) is 0 Å². The van der Waals surface area contributed by atoms with Gasteiger partial charge in [-0.2, -0.15) is 0 Å². The van der Waals surface area contributed by atoms with E-state index in [0.29, 0.717) is 6.29 Å². The highest BCUT2D eigenvalue weighted by Gasteiger charge is 2.21. The van der Waals surface area contributed by atoms with Crippen molar-refractivity contribution in [2.24, 2.45) is 0 Å². The molecule has 0 aliphatic carbocycles. The third kappa shape index (κ3) is 2.53. The van der Waals surface area contributed by atoms with Crippen molar-refractivity contribution in [3.05, 3.63) is 12.7 Å². The number of aromatic nitrogens is 8. The van der Waals surface area contributed by atoms with E-state index in [1.54, 1.807) is 0 Å². The number of rotatable bonds is 6. The monoisotopic (exact) mass is 236 g/mol. The Morgan fingerprint density at radius 3 is 2.59 bits per heavy atom. The zero-order valence-electron chi connectivity index (χ0n) is 8.62. The summed E-state index contributed by atoms with van der Waals surface area (Å²) in [6.45, 7) is -0.0363. The molecule has 17 heavy (non-hydrogen) atoms. The molecule has 2 aromatic heterocycles. The molecule has 10 nitrogen and oxygen atoms in total. The van der Waals surface area contributed by atoms with Gasteiger partial charge in [0.2, 0.25) is 0 Å². The quantitative estimate of drug-likeness (QED) is 0.531. The summed E-state index contributed by atoms with van der Waals surface area (Å²) in [5.74, 6) is -0.253. The molecule has 0 amide bonds. The Balaban J connectivity index is 2.11. The van der Waals surface area contributed by atoms with Crippen molar-refractivity contribution >= 4 is 12.1 Å². The minimum Gasteiger partial charge on any atom is -0.303 e. The van der Waals surface area contributed by atoms with Gasteiger partial charge in [-0.15, -0.1) is 10.2 Å². The van der Waals surface area contributed by atoms with Crippen molar-refractivity contribution in [1.29, 1.82) is 0 Å². The molecule has 0 bridgehead atoms. The summed E-state index contributed by atoms with van der Waals surface area (Å²) in [7, 11) is 0. The molecule has 0 aliphatic rings. The third-order valence-electron chi connectivity index (χ3n) is 2.08. The Labute approximate surface area is 94.6 Å². The van der Waals surface area contributed by atoms with Gasteiger partial charge in [0, 0.05) is 6.42 Å². The SMILES string of the molecule is O=CCC(C(=O)Cn1cnnn1)n1cnnn1. The summed E-state index contributed by atoms with van der Waals surface area (Å²) in [4.78, 5) is 22.4. The van der Waals surface area contributed by atoms with Gasteiger partial charge >= 0.3 is 0 Å². The maximum Gasteiger partial charge on any atom is 0.179 e. The van der Waals surface area contributed by atoms with Crippen LogP contribution in [0, 0.1) is 0 Å². The molecule has 0 radical (unpaired) electrons. The molecular weight excluding hydrogens is 228 g/mol. The first kappa shape index (κ1) is 11.0. The van der Waals surface area contributed by atoms with Gasteiger partial charge in [0.05, 0.1) is 0 Å². The Bertz CT molecular complexity index is 478. The summed E-state index contributed by atoms with van der Waals surface area (Å²) in [5, 5.41) is 20.8. The van der Waals surface area contributed by atoms with Crippen LogP contribution in [0.1, 0.15) is 12.5 Å². The molecule has 88 valence electrons. The van der Waals surface area contributed by atoms with Gasteiger partial charge in [0.15, 0.2) is 5.78 Å². The summed E-state index contributed by atoms with van der Waals surface area (Å²) in [5.41, 5.74) is 0. The average molecular weight is 236 g/mol. The lowest BCUT2D eigenvalue weighted by atomic mass is 10.1. The third-order valence-corrected chi connectivity index (χ3v) is 2.08. The minimum absolute atomic E-state index is 0.00595. The van der Waals surface area contributed by atoms with Crippen molar-refractivity contribution in [3.8, 4) is 0 Å². The van der Waals surface area contributed by atoms with Crippen LogP contribution in [0.3, 0.4) is 0 Å². The zero-order chi connectivity index (χ0) is 12.1. The van der Waals surface area contributed by atoms with E-state index in [9.17, 15) is 9.59 Å². The van der Waals surface area contributed by atoms with Gasteiger partial charge in [0.1, 0.15) is 31.5 Å². The molecule has 0 fully saturated rings. The largest absolute Gasteiger partial charge is 0.303 e. The first-order valence-corrected chi connectivity index (χ1v) is 4.71. The molecular formula is C7H8N8O2. The maximum atomic E-state index is 11.9. The van der Waals surface area contributed by atoms with Crippen LogP contribution in [0.25, 0.3) is 0 Å². The highest BCUT2D eigenvalue weighted by Crippen LogP contribution is 2.09. The molecule has 0 aliphatic heterocycles. The summed E-state index contributed by atoms with van der Waals surface area (Å²) >= 11 is 0. The molecule has 2 heterocycles. The second-order valence-corrected chi connectivity index (χ2v) is 3.18. The van der Waals surface area contributed by atoms with Crippen LogP contribution in [-0.2, 0) is 16.1 Å². The van der Waals surface area contributed by atoms with E-state index < -0.39 is 6.04 Å². The van der Waals surface area contributed by atoms with Gasteiger partial charge in [-0.05, 0) is 20.9 Å². The molecule has 1 atom stereocenters. The van der Waals surface area contributed by atoms with Crippen LogP contribution >= 0.6 is 0 Å². The van der Waals surface area contributed by atoms with Crippen molar-refractivity contribution in [2.75, 3.05) is 0 Å². The van der Waals surface area contributed by atoms with Crippen molar-refractivity contribution in [1.82, 2.24) is 40.4 Å². The fraction of sp³-hybridized carbons (Fsp3) is 0.429. The number of hydrogen-bond acceptors (Lipinski definition) is 8. The summed E-state index contributed by atoms with van der Waals surface area (Å²) in [6.07, 6.45) is 3.25. The highest BCUT2D eigenvalue weighted by atomic mass is 16.1. The number of carbonyl (C=O) groups is 2. The lowest BCUT2D eigenvalue weighted by Gasteiger charge is -2.11. The molecule has 2 aromatic rings. The fourth-order valence-electron chi connectivity index (χ4n) is 1.31. The van der Waals surface area contributed by atoms with Crippen LogP contribution in [0.2, 0.25) is 0 Å². The number of carbonyl (C=O) groups excluding carboxylic acids is 2. The van der Waals surface area contributed by atoms with Gasteiger partial charge in [-0.1, -0.05) is 0 Å². The number of Topliss-reactive ketones (excluding diaryl/α,β-unsaturated/α-hetero) is 1. The normalized spacial score (nSPS) is 12.2. The van der Waals surface area contributed by atoms with E-state index in [1.807, 2.05) is 0 Å². The topological polar surface area (TPSA) is 121 Å². The highest BCUT2D eigenvalue weighted by molar-refractivity contribution is 5.84. The second-order valence-electron chi connectivity index (χ2n) is 3.18. The average Bonchev–Trinajstić information content (AvgIpc) is 2.97. The lowest BCUT2D eigenvalue weighted by Crippen LogP contribution is -2.25. The molecule has 0 spiro atoms. The van der Waals surface area contributed by atoms with E-state index in [4.69, 9.17) is 0 Å². The molecule has 0 saturated carbocycles. The lowest BCUT2D eigenvalue weighted by molar-refractivity contribution is -0.125. The van der Waals surface area contributed by atoms with Gasteiger partial charge < -0.3 is 4.79 Å².